The van der Waals surface area contributed by atoms with Gasteiger partial charge in [-0.25, -0.2) is 4.39 Å². The summed E-state index contributed by atoms with van der Waals surface area (Å²) in [4.78, 5) is 4.26. The molecule has 0 aliphatic rings. The van der Waals surface area contributed by atoms with Crippen molar-refractivity contribution in [3.05, 3.63) is 66.1 Å². The fourth-order valence-electron chi connectivity index (χ4n) is 2.04. The number of nitrogens with zero attached hydrogens (tertiary/aromatic N) is 1. The van der Waals surface area contributed by atoms with Gasteiger partial charge in [0.1, 0.15) is 23.2 Å². The molecule has 0 bridgehead atoms. The molecule has 0 aliphatic heterocycles. The van der Waals surface area contributed by atoms with Crippen LogP contribution >= 0.6 is 0 Å². The number of halogens is 1. The number of nitrogen functional groups attached to an aromatic ring is 1. The van der Waals surface area contributed by atoms with E-state index in [2.05, 4.69) is 4.98 Å². The Bertz CT molecular complexity index is 815. The van der Waals surface area contributed by atoms with Crippen LogP contribution < -0.4 is 10.5 Å². The molecular weight excluding hydrogens is 269 g/mol. The van der Waals surface area contributed by atoms with Crippen molar-refractivity contribution in [1.29, 1.82) is 5.41 Å². The summed E-state index contributed by atoms with van der Waals surface area (Å²) in [6.45, 7) is 0. The lowest BCUT2D eigenvalue weighted by atomic mass is 10.1. The molecule has 0 radical (unpaired) electrons. The molecule has 0 saturated carbocycles. The van der Waals surface area contributed by atoms with E-state index in [4.69, 9.17) is 15.9 Å². The van der Waals surface area contributed by atoms with Gasteiger partial charge in [-0.15, -0.1) is 0 Å². The molecule has 0 amide bonds. The Morgan fingerprint density at radius 1 is 1.10 bits per heavy atom. The van der Waals surface area contributed by atoms with Crippen LogP contribution in [0.2, 0.25) is 0 Å². The minimum atomic E-state index is -0.339. The SMILES string of the molecule is N=C(N)c1cnc2ccccc2c1Oc1ccc(F)cc1. The van der Waals surface area contributed by atoms with Gasteiger partial charge in [0, 0.05) is 11.6 Å². The second-order valence-electron chi connectivity index (χ2n) is 4.49. The van der Waals surface area contributed by atoms with Crippen LogP contribution in [-0.4, -0.2) is 10.8 Å². The molecular formula is C16H12FN3O. The van der Waals surface area contributed by atoms with E-state index in [0.29, 0.717) is 17.1 Å². The fourth-order valence-corrected chi connectivity index (χ4v) is 2.04. The van der Waals surface area contributed by atoms with Gasteiger partial charge in [-0.2, -0.15) is 0 Å². The number of aromatic nitrogens is 1. The summed E-state index contributed by atoms with van der Waals surface area (Å²) < 4.78 is 18.8. The van der Waals surface area contributed by atoms with E-state index in [1.54, 1.807) is 0 Å². The zero-order valence-corrected chi connectivity index (χ0v) is 11.0. The molecule has 3 aromatic rings. The van der Waals surface area contributed by atoms with Gasteiger partial charge in [0.2, 0.25) is 0 Å². The maximum Gasteiger partial charge on any atom is 0.149 e. The predicted octanol–water partition coefficient (Wildman–Crippen LogP) is 3.45. The van der Waals surface area contributed by atoms with Crippen molar-refractivity contribution in [2.75, 3.05) is 0 Å². The number of hydrogen-bond donors (Lipinski definition) is 2. The van der Waals surface area contributed by atoms with Gasteiger partial charge in [-0.1, -0.05) is 12.1 Å². The second kappa shape index (κ2) is 5.20. The molecule has 21 heavy (non-hydrogen) atoms. The van der Waals surface area contributed by atoms with Gasteiger partial charge in [0.05, 0.1) is 11.1 Å². The summed E-state index contributed by atoms with van der Waals surface area (Å²) >= 11 is 0. The van der Waals surface area contributed by atoms with Crippen molar-refractivity contribution in [2.45, 2.75) is 0 Å². The van der Waals surface area contributed by atoms with Crippen molar-refractivity contribution >= 4 is 16.7 Å². The Morgan fingerprint density at radius 3 is 2.52 bits per heavy atom. The number of ether oxygens (including phenoxy) is 1. The fraction of sp³-hybridized carbons (Fsp3) is 0. The summed E-state index contributed by atoms with van der Waals surface area (Å²) in [7, 11) is 0. The lowest BCUT2D eigenvalue weighted by Crippen LogP contribution is -2.13. The standard InChI is InChI=1S/C16H12FN3O/c17-10-5-7-11(8-6-10)21-15-12-3-1-2-4-14(12)20-9-13(15)16(18)19/h1-9H,(H3,18,19). The number of nitrogens with two attached hydrogens (primary N) is 1. The molecule has 3 N–H and O–H groups in total. The van der Waals surface area contributed by atoms with E-state index in [9.17, 15) is 4.39 Å². The number of benzene rings is 2. The highest BCUT2D eigenvalue weighted by Gasteiger charge is 2.13. The molecule has 5 heteroatoms. The molecule has 0 unspecified atom stereocenters. The summed E-state index contributed by atoms with van der Waals surface area (Å²) in [6, 6.07) is 13.1. The van der Waals surface area contributed by atoms with E-state index >= 15 is 0 Å². The van der Waals surface area contributed by atoms with E-state index in [0.717, 1.165) is 10.9 Å². The molecule has 2 aromatic carbocycles. The average Bonchev–Trinajstić information content (AvgIpc) is 2.49. The number of para-hydroxylation sites is 1. The first-order valence-electron chi connectivity index (χ1n) is 6.31. The number of rotatable bonds is 3. The molecule has 0 fully saturated rings. The summed E-state index contributed by atoms with van der Waals surface area (Å²) in [6.07, 6.45) is 1.50. The summed E-state index contributed by atoms with van der Waals surface area (Å²) in [5, 5.41) is 8.39. The van der Waals surface area contributed by atoms with Crippen molar-refractivity contribution < 1.29 is 9.13 Å². The van der Waals surface area contributed by atoms with Crippen LogP contribution in [0.3, 0.4) is 0 Å². The van der Waals surface area contributed by atoms with E-state index in [-0.39, 0.29) is 11.7 Å². The quantitative estimate of drug-likeness (QED) is 0.570. The monoisotopic (exact) mass is 281 g/mol. The lowest BCUT2D eigenvalue weighted by Gasteiger charge is -2.12. The van der Waals surface area contributed by atoms with Gasteiger partial charge in [0.15, 0.2) is 0 Å². The first-order valence-corrected chi connectivity index (χ1v) is 6.31. The van der Waals surface area contributed by atoms with Crippen molar-refractivity contribution in [1.82, 2.24) is 4.98 Å². The maximum absolute atomic E-state index is 13.0. The van der Waals surface area contributed by atoms with Gasteiger partial charge < -0.3 is 10.5 Å². The number of fused-ring (bicyclic) bond motifs is 1. The maximum atomic E-state index is 13.0. The molecule has 3 rings (SSSR count). The third-order valence-corrected chi connectivity index (χ3v) is 3.05. The molecule has 0 saturated heterocycles. The Kier molecular flexibility index (Phi) is 3.23. The summed E-state index contributed by atoms with van der Waals surface area (Å²) in [5.41, 5.74) is 6.72. The number of hydrogen-bond acceptors (Lipinski definition) is 3. The molecule has 0 aliphatic carbocycles. The van der Waals surface area contributed by atoms with Crippen LogP contribution in [0, 0.1) is 11.2 Å². The molecule has 104 valence electrons. The number of amidine groups is 1. The van der Waals surface area contributed by atoms with Gasteiger partial charge in [-0.05, 0) is 36.4 Å². The Morgan fingerprint density at radius 2 is 1.81 bits per heavy atom. The third-order valence-electron chi connectivity index (χ3n) is 3.05. The first kappa shape index (κ1) is 13.1. The zero-order chi connectivity index (χ0) is 14.8. The van der Waals surface area contributed by atoms with Gasteiger partial charge in [-0.3, -0.25) is 10.4 Å². The Labute approximate surface area is 120 Å². The predicted molar refractivity (Wildman–Crippen MR) is 79.2 cm³/mol. The second-order valence-corrected chi connectivity index (χ2v) is 4.49. The Balaban J connectivity index is 2.16. The smallest absolute Gasteiger partial charge is 0.149 e. The largest absolute Gasteiger partial charge is 0.456 e. The zero-order valence-electron chi connectivity index (χ0n) is 11.0. The van der Waals surface area contributed by atoms with Crippen LogP contribution in [-0.2, 0) is 0 Å². The normalized spacial score (nSPS) is 10.5. The highest BCUT2D eigenvalue weighted by molar-refractivity contribution is 6.03. The number of pyridine rings is 1. The molecule has 1 aromatic heterocycles. The highest BCUT2D eigenvalue weighted by atomic mass is 19.1. The van der Waals surface area contributed by atoms with Crippen molar-refractivity contribution in [2.24, 2.45) is 5.73 Å². The van der Waals surface area contributed by atoms with Crippen molar-refractivity contribution in [3.63, 3.8) is 0 Å². The minimum absolute atomic E-state index is 0.134. The van der Waals surface area contributed by atoms with E-state index in [1.165, 1.54) is 30.5 Å². The first-order chi connectivity index (χ1) is 10.1. The third kappa shape index (κ3) is 2.53. The molecule has 4 nitrogen and oxygen atoms in total. The van der Waals surface area contributed by atoms with E-state index < -0.39 is 0 Å². The van der Waals surface area contributed by atoms with E-state index in [1.807, 2.05) is 24.3 Å². The average molecular weight is 281 g/mol. The van der Waals surface area contributed by atoms with Gasteiger partial charge in [0.25, 0.3) is 0 Å². The topological polar surface area (TPSA) is 72.0 Å². The minimum Gasteiger partial charge on any atom is -0.456 e. The van der Waals surface area contributed by atoms with Crippen LogP contribution in [0.15, 0.2) is 54.7 Å². The Hall–Kier alpha value is -2.95. The molecule has 1 heterocycles. The molecule has 0 spiro atoms. The van der Waals surface area contributed by atoms with Gasteiger partial charge >= 0.3 is 0 Å². The highest BCUT2D eigenvalue weighted by Crippen LogP contribution is 2.32. The van der Waals surface area contributed by atoms with Crippen molar-refractivity contribution in [3.8, 4) is 11.5 Å². The lowest BCUT2D eigenvalue weighted by molar-refractivity contribution is 0.484. The summed E-state index contributed by atoms with van der Waals surface area (Å²) in [5.74, 6) is 0.439. The van der Waals surface area contributed by atoms with Crippen LogP contribution in [0.5, 0.6) is 11.5 Å². The van der Waals surface area contributed by atoms with Crippen LogP contribution in [0.4, 0.5) is 4.39 Å². The van der Waals surface area contributed by atoms with Crippen LogP contribution in [0.25, 0.3) is 10.9 Å². The molecule has 0 atom stereocenters. The number of nitrogens with one attached hydrogen (secondary N) is 1. The van der Waals surface area contributed by atoms with Crippen LogP contribution in [0.1, 0.15) is 5.56 Å².